The Kier molecular flexibility index (Phi) is 10.2. The number of sulfonamides is 1. The highest BCUT2D eigenvalue weighted by atomic mass is 127. The Morgan fingerprint density at radius 3 is 2.15 bits per heavy atom. The van der Waals surface area contributed by atoms with Crippen LogP contribution in [0.3, 0.4) is 0 Å². The minimum absolute atomic E-state index is 0. The zero-order valence-corrected chi connectivity index (χ0v) is 18.8. The van der Waals surface area contributed by atoms with Crippen LogP contribution >= 0.6 is 24.0 Å². The second-order valence-corrected chi connectivity index (χ2v) is 9.27. The van der Waals surface area contributed by atoms with Gasteiger partial charge in [0, 0.05) is 32.2 Å². The summed E-state index contributed by atoms with van der Waals surface area (Å²) in [5.74, 6) is 0.615. The van der Waals surface area contributed by atoms with Crippen molar-refractivity contribution in [2.45, 2.75) is 58.5 Å². The number of nitrogens with zero attached hydrogens (tertiary/aromatic N) is 2. The normalized spacial score (nSPS) is 18.3. The van der Waals surface area contributed by atoms with Crippen LogP contribution in [-0.4, -0.2) is 56.4 Å². The van der Waals surface area contributed by atoms with Crippen molar-refractivity contribution in [1.82, 2.24) is 14.9 Å². The topological polar surface area (TPSA) is 73.8 Å². The van der Waals surface area contributed by atoms with E-state index in [2.05, 4.69) is 36.4 Å². The van der Waals surface area contributed by atoms with Gasteiger partial charge >= 0.3 is 15.5 Å². The van der Waals surface area contributed by atoms with E-state index >= 15 is 0 Å². The third-order valence-electron chi connectivity index (χ3n) is 3.90. The molecule has 0 unspecified atom stereocenters. The Balaban J connectivity index is 0.00000625. The highest BCUT2D eigenvalue weighted by Crippen LogP contribution is 2.28. The van der Waals surface area contributed by atoms with Crippen LogP contribution < -0.4 is 10.6 Å². The number of guanidine groups is 1. The number of alkyl halides is 3. The van der Waals surface area contributed by atoms with Crippen molar-refractivity contribution in [2.24, 2.45) is 10.4 Å². The number of nitrogens with one attached hydrogen (secondary N) is 2. The number of hydrogen-bond acceptors (Lipinski definition) is 3. The standard InChI is InChI=1S/C15H29F3N4O2S.HI/c1-5-19-13(20-9-8-14(2,3)4)21-12-6-10-22(11-7-12)25(23,24)15(16,17)18;/h12H,5-11H2,1-4H3,(H2,19,20,21);1H. The van der Waals surface area contributed by atoms with Crippen molar-refractivity contribution in [3.05, 3.63) is 0 Å². The Labute approximate surface area is 171 Å². The second-order valence-electron chi connectivity index (χ2n) is 7.34. The number of piperidine rings is 1. The highest BCUT2D eigenvalue weighted by molar-refractivity contribution is 14.0. The number of hydrogen-bond donors (Lipinski definition) is 2. The molecule has 26 heavy (non-hydrogen) atoms. The minimum atomic E-state index is -5.24. The average molecular weight is 514 g/mol. The maximum atomic E-state index is 12.6. The summed E-state index contributed by atoms with van der Waals surface area (Å²) < 4.78 is 61.1. The molecule has 1 fully saturated rings. The van der Waals surface area contributed by atoms with Gasteiger partial charge < -0.3 is 10.6 Å². The van der Waals surface area contributed by atoms with Gasteiger partial charge in [0.25, 0.3) is 0 Å². The molecule has 1 aliphatic rings. The molecule has 0 aromatic rings. The summed E-state index contributed by atoms with van der Waals surface area (Å²) in [6.07, 6.45) is 1.52. The van der Waals surface area contributed by atoms with Crippen molar-refractivity contribution in [2.75, 3.05) is 26.2 Å². The van der Waals surface area contributed by atoms with E-state index in [4.69, 9.17) is 0 Å². The van der Waals surface area contributed by atoms with Crippen LogP contribution in [0.5, 0.6) is 0 Å². The Hall–Kier alpha value is -0.300. The van der Waals surface area contributed by atoms with E-state index in [1.54, 1.807) is 0 Å². The molecule has 0 aromatic carbocycles. The molecule has 0 bridgehead atoms. The first kappa shape index (κ1) is 25.7. The summed E-state index contributed by atoms with van der Waals surface area (Å²) in [4.78, 5) is 4.48. The number of aliphatic imine (C=N–C) groups is 1. The lowest BCUT2D eigenvalue weighted by molar-refractivity contribution is -0.0494. The van der Waals surface area contributed by atoms with E-state index in [1.165, 1.54) is 0 Å². The molecular formula is C15H30F3IN4O2S. The first-order valence-corrected chi connectivity index (χ1v) is 9.92. The lowest BCUT2D eigenvalue weighted by atomic mass is 9.92. The van der Waals surface area contributed by atoms with Crippen LogP contribution in [-0.2, 0) is 10.0 Å². The molecule has 0 saturated carbocycles. The molecular weight excluding hydrogens is 484 g/mol. The summed E-state index contributed by atoms with van der Waals surface area (Å²) >= 11 is 0. The van der Waals surface area contributed by atoms with E-state index in [0.29, 0.717) is 36.2 Å². The van der Waals surface area contributed by atoms with Gasteiger partial charge in [0.1, 0.15) is 0 Å². The van der Waals surface area contributed by atoms with Gasteiger partial charge in [-0.1, -0.05) is 20.8 Å². The fraction of sp³-hybridized carbons (Fsp3) is 0.933. The Morgan fingerprint density at radius 1 is 1.19 bits per heavy atom. The largest absolute Gasteiger partial charge is 0.511 e. The fourth-order valence-corrected chi connectivity index (χ4v) is 3.39. The molecule has 0 aliphatic carbocycles. The first-order valence-electron chi connectivity index (χ1n) is 8.48. The predicted molar refractivity (Wildman–Crippen MR) is 108 cm³/mol. The summed E-state index contributed by atoms with van der Waals surface area (Å²) in [5.41, 5.74) is -5.07. The molecule has 0 aromatic heterocycles. The zero-order valence-electron chi connectivity index (χ0n) is 15.7. The van der Waals surface area contributed by atoms with Crippen molar-refractivity contribution in [1.29, 1.82) is 0 Å². The van der Waals surface area contributed by atoms with Crippen molar-refractivity contribution in [3.63, 3.8) is 0 Å². The van der Waals surface area contributed by atoms with Gasteiger partial charge in [-0.2, -0.15) is 17.5 Å². The van der Waals surface area contributed by atoms with Gasteiger partial charge in [0.2, 0.25) is 0 Å². The van der Waals surface area contributed by atoms with Crippen LogP contribution in [0, 0.1) is 5.41 Å². The SMILES string of the molecule is CCNC(=NCCC(C)(C)C)NC1CCN(S(=O)(=O)C(F)(F)F)CC1.I. The third kappa shape index (κ3) is 8.15. The van der Waals surface area contributed by atoms with Crippen LogP contribution in [0.15, 0.2) is 4.99 Å². The molecule has 6 nitrogen and oxygen atoms in total. The molecule has 1 saturated heterocycles. The van der Waals surface area contributed by atoms with Gasteiger partial charge in [0.15, 0.2) is 5.96 Å². The van der Waals surface area contributed by atoms with Gasteiger partial charge in [-0.25, -0.2) is 8.42 Å². The van der Waals surface area contributed by atoms with Crippen molar-refractivity contribution >= 4 is 40.0 Å². The molecule has 1 heterocycles. The molecule has 0 atom stereocenters. The summed E-state index contributed by atoms with van der Waals surface area (Å²) in [5, 5.41) is 6.30. The van der Waals surface area contributed by atoms with Crippen LogP contribution in [0.1, 0.15) is 47.0 Å². The predicted octanol–water partition coefficient (Wildman–Crippen LogP) is 2.91. The summed E-state index contributed by atoms with van der Waals surface area (Å²) in [6.45, 7) is 9.31. The second kappa shape index (κ2) is 10.3. The molecule has 1 aliphatic heterocycles. The molecule has 0 radical (unpaired) electrons. The van der Waals surface area contributed by atoms with Gasteiger partial charge in [-0.3, -0.25) is 4.99 Å². The molecule has 156 valence electrons. The smallest absolute Gasteiger partial charge is 0.357 e. The summed E-state index contributed by atoms with van der Waals surface area (Å²) in [6, 6.07) is -0.105. The number of halogens is 4. The lowest BCUT2D eigenvalue weighted by Gasteiger charge is -2.32. The third-order valence-corrected chi connectivity index (χ3v) is 5.53. The summed E-state index contributed by atoms with van der Waals surface area (Å²) in [7, 11) is -5.23. The van der Waals surface area contributed by atoms with Crippen LogP contribution in [0.2, 0.25) is 0 Å². The van der Waals surface area contributed by atoms with E-state index in [1.807, 2.05) is 6.92 Å². The quantitative estimate of drug-likeness (QED) is 0.336. The van der Waals surface area contributed by atoms with Crippen molar-refractivity contribution in [3.8, 4) is 0 Å². The van der Waals surface area contributed by atoms with E-state index < -0.39 is 15.5 Å². The highest BCUT2D eigenvalue weighted by Gasteiger charge is 2.50. The molecule has 1 rings (SSSR count). The molecule has 0 amide bonds. The van der Waals surface area contributed by atoms with Gasteiger partial charge in [-0.05, 0) is 31.6 Å². The molecule has 11 heteroatoms. The maximum absolute atomic E-state index is 12.6. The average Bonchev–Trinajstić information content (AvgIpc) is 2.45. The lowest BCUT2D eigenvalue weighted by Crippen LogP contribution is -2.51. The molecule has 2 N–H and O–H groups in total. The zero-order chi connectivity index (χ0) is 19.3. The maximum Gasteiger partial charge on any atom is 0.511 e. The fourth-order valence-electron chi connectivity index (χ4n) is 2.40. The van der Waals surface area contributed by atoms with E-state index in [-0.39, 0.29) is 48.5 Å². The van der Waals surface area contributed by atoms with E-state index in [0.717, 1.165) is 6.42 Å². The van der Waals surface area contributed by atoms with Crippen molar-refractivity contribution < 1.29 is 21.6 Å². The Morgan fingerprint density at radius 2 is 1.73 bits per heavy atom. The number of rotatable bonds is 5. The van der Waals surface area contributed by atoms with E-state index in [9.17, 15) is 21.6 Å². The first-order chi connectivity index (χ1) is 11.4. The molecule has 0 spiro atoms. The van der Waals surface area contributed by atoms with Gasteiger partial charge in [-0.15, -0.1) is 24.0 Å². The van der Waals surface area contributed by atoms with Gasteiger partial charge in [0.05, 0.1) is 0 Å². The van der Waals surface area contributed by atoms with Crippen LogP contribution in [0.25, 0.3) is 0 Å². The minimum Gasteiger partial charge on any atom is -0.357 e. The van der Waals surface area contributed by atoms with Crippen LogP contribution in [0.4, 0.5) is 13.2 Å². The monoisotopic (exact) mass is 514 g/mol. The Bertz CT molecular complexity index is 554.